The van der Waals surface area contributed by atoms with Crippen LogP contribution in [0.25, 0.3) is 33.5 Å². The maximum atomic E-state index is 4.90. The van der Waals surface area contributed by atoms with Gasteiger partial charge in [0.05, 0.1) is 32.2 Å². The molecule has 0 radical (unpaired) electrons. The van der Waals surface area contributed by atoms with Gasteiger partial charge in [0, 0.05) is 3.57 Å². The molecule has 0 aliphatic heterocycles. The molecule has 5 aromatic rings. The second-order valence-electron chi connectivity index (χ2n) is 5.63. The maximum Gasteiger partial charge on any atom is 0.220 e. The first-order valence-corrected chi connectivity index (χ1v) is 9.44. The minimum Gasteiger partial charge on any atom is -0.277 e. The van der Waals surface area contributed by atoms with Gasteiger partial charge in [-0.1, -0.05) is 30.3 Å². The first kappa shape index (κ1) is 14.5. The molecule has 0 saturated carbocycles. The fourth-order valence-corrected chi connectivity index (χ4v) is 4.18. The van der Waals surface area contributed by atoms with E-state index in [9.17, 15) is 0 Å². The third-order valence-electron chi connectivity index (χ3n) is 4.28. The van der Waals surface area contributed by atoms with Gasteiger partial charge in [0.1, 0.15) is 0 Å². The van der Waals surface area contributed by atoms with Crippen LogP contribution in [0.3, 0.4) is 0 Å². The highest BCUT2D eigenvalue weighted by Crippen LogP contribution is 2.33. The summed E-state index contributed by atoms with van der Waals surface area (Å²) in [6, 6.07) is 23.0. The molecule has 0 spiro atoms. The van der Waals surface area contributed by atoms with Crippen LogP contribution in [0.1, 0.15) is 0 Å². The van der Waals surface area contributed by atoms with Gasteiger partial charge in [0.25, 0.3) is 0 Å². The second kappa shape index (κ2) is 5.32. The van der Waals surface area contributed by atoms with Crippen molar-refractivity contribution in [3.8, 4) is 5.69 Å². The topological polar surface area (TPSA) is 22.2 Å². The Bertz CT molecular complexity index is 1240. The van der Waals surface area contributed by atoms with Crippen LogP contribution in [0.4, 0.5) is 0 Å². The van der Waals surface area contributed by atoms with E-state index in [0.29, 0.717) is 0 Å². The quantitative estimate of drug-likeness (QED) is 0.274. The number of para-hydroxylation sites is 4. The third-order valence-corrected chi connectivity index (χ3v) is 6.75. The Balaban J connectivity index is 2.05. The Kier molecular flexibility index (Phi) is 3.21. The number of benzene rings is 3. The van der Waals surface area contributed by atoms with Crippen LogP contribution in [-0.4, -0.2) is 14.0 Å². The monoisotopic (exact) mass is 487 g/mol. The van der Waals surface area contributed by atoms with Crippen molar-refractivity contribution in [3.63, 3.8) is 0 Å². The molecule has 0 bridgehead atoms. The van der Waals surface area contributed by atoms with Crippen molar-refractivity contribution in [2.24, 2.45) is 0 Å². The molecule has 3 aromatic carbocycles. The lowest BCUT2D eigenvalue weighted by Crippen LogP contribution is -1.97. The number of hydrogen-bond acceptors (Lipinski definition) is 1. The van der Waals surface area contributed by atoms with E-state index in [2.05, 4.69) is 108 Å². The predicted octanol–water partition coefficient (Wildman–Crippen LogP) is 5.80. The van der Waals surface area contributed by atoms with E-state index in [1.165, 1.54) is 3.57 Å². The van der Waals surface area contributed by atoms with Crippen molar-refractivity contribution in [2.75, 3.05) is 0 Å². The van der Waals surface area contributed by atoms with Crippen LogP contribution < -0.4 is 0 Å². The lowest BCUT2D eigenvalue weighted by Gasteiger charge is -2.09. The van der Waals surface area contributed by atoms with E-state index >= 15 is 0 Å². The van der Waals surface area contributed by atoms with Gasteiger partial charge in [0.2, 0.25) is 5.78 Å². The third kappa shape index (κ3) is 1.91. The molecule has 2 heterocycles. The molecule has 2 aromatic heterocycles. The average Bonchev–Trinajstić information content (AvgIpc) is 3.12. The molecular weight excluding hydrogens is 477 g/mol. The van der Waals surface area contributed by atoms with Crippen molar-refractivity contribution in [1.29, 1.82) is 0 Å². The molecule has 0 aliphatic rings. The highest BCUT2D eigenvalue weighted by molar-refractivity contribution is 14.1. The van der Waals surface area contributed by atoms with Crippen molar-refractivity contribution >= 4 is 66.4 Å². The van der Waals surface area contributed by atoms with Crippen LogP contribution in [-0.2, 0) is 0 Å². The highest BCUT2D eigenvalue weighted by Gasteiger charge is 2.18. The molecule has 5 heteroatoms. The number of rotatable bonds is 1. The zero-order valence-electron chi connectivity index (χ0n) is 12.4. The Morgan fingerprint density at radius 3 is 2.33 bits per heavy atom. The lowest BCUT2D eigenvalue weighted by atomic mass is 10.2. The summed E-state index contributed by atoms with van der Waals surface area (Å²) in [4.78, 5) is 4.90. The number of nitrogens with zero attached hydrogens (tertiary/aromatic N) is 3. The maximum absolute atomic E-state index is 4.90. The van der Waals surface area contributed by atoms with E-state index in [-0.39, 0.29) is 0 Å². The Morgan fingerprint density at radius 1 is 0.792 bits per heavy atom. The summed E-state index contributed by atoms with van der Waals surface area (Å²) in [5, 5.41) is 0. The Hall–Kier alpha value is -1.86. The zero-order chi connectivity index (χ0) is 16.3. The molecule has 116 valence electrons. The summed E-state index contributed by atoms with van der Waals surface area (Å²) < 4.78 is 6.72. The fraction of sp³-hybridized carbons (Fsp3) is 0. The minimum atomic E-state index is 0.931. The van der Waals surface area contributed by atoms with E-state index < -0.39 is 0 Å². The smallest absolute Gasteiger partial charge is 0.220 e. The molecule has 0 aliphatic carbocycles. The van der Waals surface area contributed by atoms with E-state index in [1.54, 1.807) is 0 Å². The van der Waals surface area contributed by atoms with E-state index in [4.69, 9.17) is 4.98 Å². The molecule has 0 fully saturated rings. The van der Waals surface area contributed by atoms with E-state index in [0.717, 1.165) is 38.0 Å². The number of halogens is 2. The molecular formula is C19H11BrIN3. The van der Waals surface area contributed by atoms with Crippen LogP contribution in [0.5, 0.6) is 0 Å². The van der Waals surface area contributed by atoms with Crippen molar-refractivity contribution < 1.29 is 0 Å². The molecule has 5 rings (SSSR count). The molecule has 0 unspecified atom stereocenters. The van der Waals surface area contributed by atoms with Crippen molar-refractivity contribution in [2.45, 2.75) is 0 Å². The first-order valence-electron chi connectivity index (χ1n) is 7.57. The van der Waals surface area contributed by atoms with Crippen LogP contribution in [0.15, 0.2) is 71.2 Å². The van der Waals surface area contributed by atoms with Gasteiger partial charge >= 0.3 is 0 Å². The Labute approximate surface area is 160 Å². The van der Waals surface area contributed by atoms with Crippen LogP contribution >= 0.6 is 38.5 Å². The lowest BCUT2D eigenvalue weighted by molar-refractivity contribution is 1.10. The van der Waals surface area contributed by atoms with Crippen molar-refractivity contribution in [3.05, 3.63) is 74.8 Å². The zero-order valence-corrected chi connectivity index (χ0v) is 16.2. The van der Waals surface area contributed by atoms with Gasteiger partial charge in [-0.3, -0.25) is 8.97 Å². The molecule has 3 nitrogen and oxygen atoms in total. The highest BCUT2D eigenvalue weighted by atomic mass is 127. The van der Waals surface area contributed by atoms with Crippen molar-refractivity contribution in [1.82, 2.24) is 14.0 Å². The predicted molar refractivity (Wildman–Crippen MR) is 110 cm³/mol. The second-order valence-corrected chi connectivity index (χ2v) is 7.59. The number of imidazole rings is 2. The van der Waals surface area contributed by atoms with Gasteiger partial charge in [-0.25, -0.2) is 4.98 Å². The van der Waals surface area contributed by atoms with Gasteiger partial charge in [-0.05, 0) is 74.9 Å². The SMILES string of the molecule is Brc1c(I)cccc1-n1c2ccccc2n2c3ccccc3nc12. The van der Waals surface area contributed by atoms with Gasteiger partial charge in [-0.15, -0.1) is 0 Å². The normalized spacial score (nSPS) is 11.8. The summed E-state index contributed by atoms with van der Waals surface area (Å²) in [5.74, 6) is 0.931. The largest absolute Gasteiger partial charge is 0.277 e. The van der Waals surface area contributed by atoms with Gasteiger partial charge < -0.3 is 0 Å². The summed E-state index contributed by atoms with van der Waals surface area (Å²) >= 11 is 6.10. The van der Waals surface area contributed by atoms with Gasteiger partial charge in [-0.2, -0.15) is 0 Å². The summed E-state index contributed by atoms with van der Waals surface area (Å²) in [7, 11) is 0. The molecule has 0 amide bonds. The molecule has 0 saturated heterocycles. The van der Waals surface area contributed by atoms with Gasteiger partial charge in [0.15, 0.2) is 0 Å². The van der Waals surface area contributed by atoms with Crippen LogP contribution in [0.2, 0.25) is 0 Å². The number of fused-ring (bicyclic) bond motifs is 5. The number of aromatic nitrogens is 3. The summed E-state index contributed by atoms with van der Waals surface area (Å²) in [6.07, 6.45) is 0. The van der Waals surface area contributed by atoms with Crippen LogP contribution in [0, 0.1) is 3.57 Å². The standard InChI is InChI=1S/C19H11BrIN3/c20-18-12(21)6-5-11-17(18)24-16-10-4-3-9-15(16)23-14-8-2-1-7-13(14)22-19(23)24/h1-11H. The number of hydrogen-bond donors (Lipinski definition) is 0. The average molecular weight is 488 g/mol. The van der Waals surface area contributed by atoms with E-state index in [1.807, 2.05) is 6.07 Å². The summed E-state index contributed by atoms with van der Waals surface area (Å²) in [5.41, 5.74) is 5.54. The fourth-order valence-electron chi connectivity index (χ4n) is 3.25. The molecule has 0 atom stereocenters. The molecule has 24 heavy (non-hydrogen) atoms. The summed E-state index contributed by atoms with van der Waals surface area (Å²) in [6.45, 7) is 0. The minimum absolute atomic E-state index is 0.931. The Morgan fingerprint density at radius 2 is 1.50 bits per heavy atom. The molecule has 0 N–H and O–H groups in total. The first-order chi connectivity index (χ1) is 11.8.